The molecule has 1 aromatic rings. The Kier molecular flexibility index (Phi) is 6.63. The number of carbonyl (C=O) groups is 2. The fraction of sp³-hybridized carbons (Fsp3) is 0.556. The molecule has 10 nitrogen and oxygen atoms in total. The average molecular weight is 407 g/mol. The van der Waals surface area contributed by atoms with Gasteiger partial charge in [-0.25, -0.2) is 4.79 Å². The number of ether oxygens (including phenoxy) is 1. The monoisotopic (exact) mass is 407 g/mol. The lowest BCUT2D eigenvalue weighted by Crippen LogP contribution is -2.61. The second-order valence-corrected chi connectivity index (χ2v) is 7.53. The van der Waals surface area contributed by atoms with Crippen molar-refractivity contribution in [2.24, 2.45) is 11.7 Å². The first-order chi connectivity index (χ1) is 13.8. The molecule has 2 fully saturated rings. The number of aromatic hydroxyl groups is 1. The second-order valence-electron chi connectivity index (χ2n) is 7.53. The number of likely N-dealkylation sites (tertiary alicyclic amines) is 1. The molecule has 2 saturated heterocycles. The van der Waals surface area contributed by atoms with Gasteiger partial charge in [-0.15, -0.1) is 0 Å². The van der Waals surface area contributed by atoms with Crippen LogP contribution in [0.3, 0.4) is 0 Å². The maximum Gasteiger partial charge on any atom is 0.451 e. The SMILES string of the molecule is NC(C(=O)N1CC(Oc2ccc(CCB(O)O)c(O)c2C(=O)O)C1)C1CCNC1. The summed E-state index contributed by atoms with van der Waals surface area (Å²) in [5, 5.41) is 40.8. The van der Waals surface area contributed by atoms with E-state index in [9.17, 15) is 19.8 Å². The molecular weight excluding hydrogens is 381 g/mol. The summed E-state index contributed by atoms with van der Waals surface area (Å²) in [6.07, 6.45) is 0.532. The molecule has 7 N–H and O–H groups in total. The van der Waals surface area contributed by atoms with E-state index in [0.717, 1.165) is 19.5 Å². The summed E-state index contributed by atoms with van der Waals surface area (Å²) >= 11 is 0. The normalized spacial score (nSPS) is 20.2. The lowest BCUT2D eigenvalue weighted by Gasteiger charge is -2.41. The topological polar surface area (TPSA) is 166 Å². The fourth-order valence-electron chi connectivity index (χ4n) is 3.68. The van der Waals surface area contributed by atoms with Crippen LogP contribution >= 0.6 is 0 Å². The van der Waals surface area contributed by atoms with Crippen LogP contribution in [0, 0.1) is 5.92 Å². The molecular formula is C18H26BN3O7. The second kappa shape index (κ2) is 8.99. The van der Waals surface area contributed by atoms with Crippen molar-refractivity contribution in [3.8, 4) is 11.5 Å². The third-order valence-electron chi connectivity index (χ3n) is 5.45. The molecule has 0 aromatic heterocycles. The molecule has 0 saturated carbocycles. The van der Waals surface area contributed by atoms with E-state index in [0.29, 0.717) is 13.1 Å². The minimum absolute atomic E-state index is 0.00434. The Hall–Kier alpha value is -2.34. The van der Waals surface area contributed by atoms with Crippen LogP contribution in [0.25, 0.3) is 0 Å². The molecule has 3 rings (SSSR count). The first kappa shape index (κ1) is 21.4. The molecule has 0 radical (unpaired) electrons. The van der Waals surface area contributed by atoms with E-state index in [1.54, 1.807) is 4.90 Å². The Labute approximate surface area is 168 Å². The lowest BCUT2D eigenvalue weighted by molar-refractivity contribution is -0.142. The average Bonchev–Trinajstić information content (AvgIpc) is 3.16. The van der Waals surface area contributed by atoms with Gasteiger partial charge in [-0.3, -0.25) is 4.79 Å². The van der Waals surface area contributed by atoms with Gasteiger partial charge < -0.3 is 40.9 Å². The number of carboxylic acid groups (broad SMARTS) is 1. The van der Waals surface area contributed by atoms with Crippen molar-refractivity contribution in [3.63, 3.8) is 0 Å². The lowest BCUT2D eigenvalue weighted by atomic mass is 9.82. The number of hydrogen-bond acceptors (Lipinski definition) is 8. The number of carbonyl (C=O) groups excluding carboxylic acids is 1. The van der Waals surface area contributed by atoms with Gasteiger partial charge in [0.05, 0.1) is 19.1 Å². The molecule has 2 aliphatic heterocycles. The van der Waals surface area contributed by atoms with Crippen molar-refractivity contribution in [3.05, 3.63) is 23.3 Å². The van der Waals surface area contributed by atoms with E-state index in [1.165, 1.54) is 12.1 Å². The Morgan fingerprint density at radius 3 is 2.66 bits per heavy atom. The van der Waals surface area contributed by atoms with Gasteiger partial charge in [-0.2, -0.15) is 0 Å². The molecule has 0 aliphatic carbocycles. The smallest absolute Gasteiger partial charge is 0.451 e. The third kappa shape index (κ3) is 4.81. The molecule has 11 heteroatoms. The molecule has 2 aliphatic rings. The van der Waals surface area contributed by atoms with Gasteiger partial charge >= 0.3 is 13.1 Å². The highest BCUT2D eigenvalue weighted by atomic mass is 16.5. The highest BCUT2D eigenvalue weighted by Gasteiger charge is 2.38. The van der Waals surface area contributed by atoms with E-state index >= 15 is 0 Å². The van der Waals surface area contributed by atoms with Crippen molar-refractivity contribution in [1.82, 2.24) is 10.2 Å². The minimum Gasteiger partial charge on any atom is -0.507 e. The standard InChI is InChI=1S/C18H26BN3O7/c20-15(11-4-6-21-7-11)17(24)22-8-12(9-22)29-13-2-1-10(3-5-19(27)28)16(23)14(13)18(25)26/h1-2,11-12,15,21,23,27-28H,3-9,20H2,(H,25,26). The number of nitrogens with zero attached hydrogens (tertiary/aromatic N) is 1. The third-order valence-corrected chi connectivity index (χ3v) is 5.45. The van der Waals surface area contributed by atoms with Crippen molar-refractivity contribution in [2.75, 3.05) is 26.2 Å². The maximum atomic E-state index is 12.5. The van der Waals surface area contributed by atoms with Crippen LogP contribution < -0.4 is 15.8 Å². The van der Waals surface area contributed by atoms with Crippen LogP contribution in [-0.4, -0.2) is 82.5 Å². The molecule has 2 atom stereocenters. The molecule has 1 amide bonds. The van der Waals surface area contributed by atoms with Crippen molar-refractivity contribution in [1.29, 1.82) is 0 Å². The van der Waals surface area contributed by atoms with Crippen LogP contribution in [0.15, 0.2) is 12.1 Å². The number of nitrogens with one attached hydrogen (secondary N) is 1. The first-order valence-electron chi connectivity index (χ1n) is 9.64. The van der Waals surface area contributed by atoms with E-state index in [4.69, 9.17) is 20.5 Å². The summed E-state index contributed by atoms with van der Waals surface area (Å²) in [6.45, 7) is 2.17. The fourth-order valence-corrected chi connectivity index (χ4v) is 3.68. The molecule has 2 unspecified atom stereocenters. The van der Waals surface area contributed by atoms with Crippen molar-refractivity contribution < 1.29 is 34.6 Å². The van der Waals surface area contributed by atoms with Crippen molar-refractivity contribution >= 4 is 19.0 Å². The van der Waals surface area contributed by atoms with Crippen molar-refractivity contribution in [2.45, 2.75) is 31.3 Å². The van der Waals surface area contributed by atoms with Crippen LogP contribution in [0.5, 0.6) is 11.5 Å². The zero-order valence-electron chi connectivity index (χ0n) is 16.0. The summed E-state index contributed by atoms with van der Waals surface area (Å²) < 4.78 is 5.70. The highest BCUT2D eigenvalue weighted by molar-refractivity contribution is 6.41. The van der Waals surface area contributed by atoms with Crippen LogP contribution in [-0.2, 0) is 11.2 Å². The zero-order chi connectivity index (χ0) is 21.1. The van der Waals surface area contributed by atoms with E-state index in [2.05, 4.69) is 5.32 Å². The number of carboxylic acids is 1. The number of rotatable bonds is 8. The number of amides is 1. The maximum absolute atomic E-state index is 12.5. The Morgan fingerprint density at radius 1 is 1.34 bits per heavy atom. The molecule has 158 valence electrons. The number of phenols is 1. The first-order valence-corrected chi connectivity index (χ1v) is 9.64. The van der Waals surface area contributed by atoms with Gasteiger partial charge in [0.15, 0.2) is 0 Å². The van der Waals surface area contributed by atoms with Gasteiger partial charge in [0.2, 0.25) is 5.91 Å². The van der Waals surface area contributed by atoms with Gasteiger partial charge in [-0.1, -0.05) is 6.07 Å². The van der Waals surface area contributed by atoms with Gasteiger partial charge in [0.1, 0.15) is 23.2 Å². The van der Waals surface area contributed by atoms with E-state index < -0.39 is 31.0 Å². The molecule has 1 aromatic carbocycles. The summed E-state index contributed by atoms with van der Waals surface area (Å²) in [5.41, 5.74) is 5.96. The number of nitrogens with two attached hydrogens (primary N) is 1. The largest absolute Gasteiger partial charge is 0.507 e. The Morgan fingerprint density at radius 2 is 2.07 bits per heavy atom. The molecule has 0 spiro atoms. The number of benzene rings is 1. The predicted octanol–water partition coefficient (Wildman–Crippen LogP) is -1.37. The van der Waals surface area contributed by atoms with Gasteiger partial charge in [0, 0.05) is 0 Å². The number of aryl methyl sites for hydroxylation is 1. The van der Waals surface area contributed by atoms with Crippen LogP contribution in [0.1, 0.15) is 22.3 Å². The molecule has 0 bridgehead atoms. The van der Waals surface area contributed by atoms with Crippen LogP contribution in [0.4, 0.5) is 0 Å². The highest BCUT2D eigenvalue weighted by Crippen LogP contribution is 2.34. The number of aromatic carboxylic acids is 1. The van der Waals surface area contributed by atoms with Gasteiger partial charge in [0.25, 0.3) is 0 Å². The minimum atomic E-state index is -1.55. The Bertz CT molecular complexity index is 764. The summed E-state index contributed by atoms with van der Waals surface area (Å²) in [7, 11) is -1.55. The van der Waals surface area contributed by atoms with E-state index in [-0.39, 0.29) is 41.4 Å². The predicted molar refractivity (Wildman–Crippen MR) is 104 cm³/mol. The summed E-state index contributed by atoms with van der Waals surface area (Å²) in [6, 6.07) is 2.36. The molecule has 29 heavy (non-hydrogen) atoms. The van der Waals surface area contributed by atoms with Crippen LogP contribution in [0.2, 0.25) is 6.32 Å². The zero-order valence-corrected chi connectivity index (χ0v) is 16.0. The number of hydrogen-bond donors (Lipinski definition) is 6. The quantitative estimate of drug-likeness (QED) is 0.285. The summed E-state index contributed by atoms with van der Waals surface area (Å²) in [4.78, 5) is 25.6. The summed E-state index contributed by atoms with van der Waals surface area (Å²) in [5.74, 6) is -1.84. The molecule has 2 heterocycles. The van der Waals surface area contributed by atoms with E-state index in [1.807, 2.05) is 0 Å². The van der Waals surface area contributed by atoms with Gasteiger partial charge in [-0.05, 0) is 49.8 Å². The Balaban J connectivity index is 1.61.